The molecule has 1 saturated carbocycles. The van der Waals surface area contributed by atoms with Crippen LogP contribution in [0.5, 0.6) is 0 Å². The van der Waals surface area contributed by atoms with Crippen LogP contribution in [0.4, 0.5) is 10.1 Å². The van der Waals surface area contributed by atoms with Crippen molar-refractivity contribution in [1.82, 2.24) is 0 Å². The molecule has 2 aromatic carbocycles. The standard InChI is InChI=1S/C17H18FN/c1-12-5-4-6-14(9-12)19-15-10-13(11-15)16-7-2-3-8-17(16)18/h2-9,13,15,19H,10-11H2,1H3. The first-order chi connectivity index (χ1) is 9.22. The molecule has 0 bridgehead atoms. The van der Waals surface area contributed by atoms with Gasteiger partial charge in [0, 0.05) is 11.7 Å². The Hall–Kier alpha value is -1.83. The second-order valence-corrected chi connectivity index (χ2v) is 5.40. The maximum atomic E-state index is 13.6. The van der Waals surface area contributed by atoms with Crippen LogP contribution in [0.25, 0.3) is 0 Å². The lowest BCUT2D eigenvalue weighted by atomic mass is 9.75. The highest BCUT2D eigenvalue weighted by Gasteiger charge is 2.31. The molecule has 0 aliphatic heterocycles. The van der Waals surface area contributed by atoms with Gasteiger partial charge in [-0.2, -0.15) is 0 Å². The minimum Gasteiger partial charge on any atom is -0.382 e. The Kier molecular flexibility index (Phi) is 3.24. The number of hydrogen-bond acceptors (Lipinski definition) is 1. The van der Waals surface area contributed by atoms with Crippen molar-refractivity contribution in [3.63, 3.8) is 0 Å². The lowest BCUT2D eigenvalue weighted by Gasteiger charge is -2.37. The summed E-state index contributed by atoms with van der Waals surface area (Å²) in [5.41, 5.74) is 3.29. The highest BCUT2D eigenvalue weighted by molar-refractivity contribution is 5.47. The largest absolute Gasteiger partial charge is 0.382 e. The van der Waals surface area contributed by atoms with Gasteiger partial charge in [-0.05, 0) is 55.0 Å². The summed E-state index contributed by atoms with van der Waals surface area (Å²) < 4.78 is 13.6. The van der Waals surface area contributed by atoms with E-state index >= 15 is 0 Å². The molecule has 19 heavy (non-hydrogen) atoms. The van der Waals surface area contributed by atoms with Crippen molar-refractivity contribution >= 4 is 5.69 Å². The molecular weight excluding hydrogens is 237 g/mol. The Morgan fingerprint density at radius 2 is 1.84 bits per heavy atom. The summed E-state index contributed by atoms with van der Waals surface area (Å²) in [5, 5.41) is 3.52. The zero-order valence-corrected chi connectivity index (χ0v) is 11.1. The SMILES string of the molecule is Cc1cccc(NC2CC(c3ccccc3F)C2)c1. The van der Waals surface area contributed by atoms with Crippen LogP contribution in [0.2, 0.25) is 0 Å². The Morgan fingerprint density at radius 1 is 1.05 bits per heavy atom. The third-order valence-electron chi connectivity index (χ3n) is 3.87. The number of anilines is 1. The van der Waals surface area contributed by atoms with Gasteiger partial charge in [0.1, 0.15) is 5.82 Å². The number of benzene rings is 2. The van der Waals surface area contributed by atoms with E-state index < -0.39 is 0 Å². The van der Waals surface area contributed by atoms with Gasteiger partial charge in [-0.3, -0.25) is 0 Å². The van der Waals surface area contributed by atoms with E-state index in [2.05, 4.69) is 36.5 Å². The summed E-state index contributed by atoms with van der Waals surface area (Å²) in [5.74, 6) is 0.296. The lowest BCUT2D eigenvalue weighted by Crippen LogP contribution is -2.34. The van der Waals surface area contributed by atoms with Gasteiger partial charge in [-0.15, -0.1) is 0 Å². The molecule has 1 nitrogen and oxygen atoms in total. The predicted molar refractivity (Wildman–Crippen MR) is 77.0 cm³/mol. The van der Waals surface area contributed by atoms with Crippen LogP contribution in [-0.2, 0) is 0 Å². The molecular formula is C17H18FN. The molecule has 0 unspecified atom stereocenters. The van der Waals surface area contributed by atoms with E-state index in [0.29, 0.717) is 12.0 Å². The van der Waals surface area contributed by atoms with Gasteiger partial charge in [-0.25, -0.2) is 4.39 Å². The van der Waals surface area contributed by atoms with Crippen LogP contribution in [0.1, 0.15) is 29.9 Å². The van der Waals surface area contributed by atoms with E-state index in [9.17, 15) is 4.39 Å². The third kappa shape index (κ3) is 2.62. The lowest BCUT2D eigenvalue weighted by molar-refractivity contribution is 0.363. The second-order valence-electron chi connectivity index (χ2n) is 5.40. The molecule has 0 saturated heterocycles. The number of aryl methyl sites for hydroxylation is 1. The molecule has 1 N–H and O–H groups in total. The van der Waals surface area contributed by atoms with Crippen molar-refractivity contribution in [1.29, 1.82) is 0 Å². The van der Waals surface area contributed by atoms with Crippen molar-refractivity contribution < 1.29 is 4.39 Å². The fourth-order valence-electron chi connectivity index (χ4n) is 2.77. The van der Waals surface area contributed by atoms with Crippen molar-refractivity contribution in [3.8, 4) is 0 Å². The maximum absolute atomic E-state index is 13.6. The van der Waals surface area contributed by atoms with Gasteiger partial charge >= 0.3 is 0 Å². The van der Waals surface area contributed by atoms with Crippen molar-refractivity contribution in [2.24, 2.45) is 0 Å². The molecule has 3 rings (SSSR count). The highest BCUT2D eigenvalue weighted by atomic mass is 19.1. The molecule has 1 aliphatic carbocycles. The fourth-order valence-corrected chi connectivity index (χ4v) is 2.77. The molecule has 1 fully saturated rings. The first kappa shape index (κ1) is 12.2. The van der Waals surface area contributed by atoms with Crippen molar-refractivity contribution in [2.45, 2.75) is 31.7 Å². The van der Waals surface area contributed by atoms with Crippen LogP contribution in [0.3, 0.4) is 0 Å². The van der Waals surface area contributed by atoms with Crippen LogP contribution in [0.15, 0.2) is 48.5 Å². The molecule has 0 aromatic heterocycles. The van der Waals surface area contributed by atoms with Gasteiger partial charge in [-0.1, -0.05) is 30.3 Å². The molecule has 0 heterocycles. The Bertz CT molecular complexity index is 573. The predicted octanol–water partition coefficient (Wildman–Crippen LogP) is 4.49. The highest BCUT2D eigenvalue weighted by Crippen LogP contribution is 2.39. The number of nitrogens with one attached hydrogen (secondary N) is 1. The van der Waals surface area contributed by atoms with Gasteiger partial charge in [0.05, 0.1) is 0 Å². The minimum atomic E-state index is -0.0681. The summed E-state index contributed by atoms with van der Waals surface area (Å²) in [6.07, 6.45) is 2.02. The number of halogens is 1. The summed E-state index contributed by atoms with van der Waals surface area (Å²) in [6, 6.07) is 16.0. The molecule has 0 atom stereocenters. The van der Waals surface area contributed by atoms with Gasteiger partial charge in [0.2, 0.25) is 0 Å². The van der Waals surface area contributed by atoms with E-state index in [0.717, 1.165) is 24.1 Å². The first-order valence-corrected chi connectivity index (χ1v) is 6.80. The van der Waals surface area contributed by atoms with E-state index in [4.69, 9.17) is 0 Å². The second kappa shape index (κ2) is 5.04. The summed E-state index contributed by atoms with van der Waals surface area (Å²) >= 11 is 0. The summed E-state index contributed by atoms with van der Waals surface area (Å²) in [4.78, 5) is 0. The van der Waals surface area contributed by atoms with Crippen LogP contribution >= 0.6 is 0 Å². The van der Waals surface area contributed by atoms with Crippen molar-refractivity contribution in [2.75, 3.05) is 5.32 Å². The van der Waals surface area contributed by atoms with Crippen LogP contribution in [0, 0.1) is 12.7 Å². The summed E-state index contributed by atoms with van der Waals surface area (Å²) in [6.45, 7) is 2.09. The molecule has 0 spiro atoms. The van der Waals surface area contributed by atoms with E-state index in [-0.39, 0.29) is 5.82 Å². The maximum Gasteiger partial charge on any atom is 0.126 e. The van der Waals surface area contributed by atoms with E-state index in [1.54, 1.807) is 12.1 Å². The molecule has 0 radical (unpaired) electrons. The Morgan fingerprint density at radius 3 is 2.58 bits per heavy atom. The normalized spacial score (nSPS) is 21.8. The minimum absolute atomic E-state index is 0.0681. The fraction of sp³-hybridized carbons (Fsp3) is 0.294. The molecule has 1 aliphatic rings. The van der Waals surface area contributed by atoms with Gasteiger partial charge < -0.3 is 5.32 Å². The average Bonchev–Trinajstić information content (AvgIpc) is 2.35. The molecule has 2 aromatic rings. The quantitative estimate of drug-likeness (QED) is 0.852. The Balaban J connectivity index is 1.60. The van der Waals surface area contributed by atoms with E-state index in [1.807, 2.05) is 12.1 Å². The monoisotopic (exact) mass is 255 g/mol. The van der Waals surface area contributed by atoms with Gasteiger partial charge in [0.25, 0.3) is 0 Å². The number of hydrogen-bond donors (Lipinski definition) is 1. The number of rotatable bonds is 3. The average molecular weight is 255 g/mol. The van der Waals surface area contributed by atoms with Crippen LogP contribution in [-0.4, -0.2) is 6.04 Å². The van der Waals surface area contributed by atoms with E-state index in [1.165, 1.54) is 5.56 Å². The van der Waals surface area contributed by atoms with Gasteiger partial charge in [0.15, 0.2) is 0 Å². The molecule has 0 amide bonds. The third-order valence-corrected chi connectivity index (χ3v) is 3.87. The first-order valence-electron chi connectivity index (χ1n) is 6.80. The smallest absolute Gasteiger partial charge is 0.126 e. The summed E-state index contributed by atoms with van der Waals surface area (Å²) in [7, 11) is 0. The Labute approximate surface area is 113 Å². The van der Waals surface area contributed by atoms with Crippen LogP contribution < -0.4 is 5.32 Å². The topological polar surface area (TPSA) is 12.0 Å². The van der Waals surface area contributed by atoms with Crippen molar-refractivity contribution in [3.05, 3.63) is 65.5 Å². The molecule has 2 heteroatoms. The zero-order chi connectivity index (χ0) is 13.2. The molecule has 98 valence electrons. The zero-order valence-electron chi connectivity index (χ0n) is 11.1.